The Morgan fingerprint density at radius 3 is 1.94 bits per heavy atom. The lowest BCUT2D eigenvalue weighted by Gasteiger charge is -2.29. The maximum absolute atomic E-state index is 12.7. The molecule has 0 saturated heterocycles. The Morgan fingerprint density at radius 1 is 0.844 bits per heavy atom. The summed E-state index contributed by atoms with van der Waals surface area (Å²) in [7, 11) is 0. The second-order valence-corrected chi connectivity index (χ2v) is 8.35. The van der Waals surface area contributed by atoms with Gasteiger partial charge in [-0.2, -0.15) is 0 Å². The summed E-state index contributed by atoms with van der Waals surface area (Å²) in [4.78, 5) is 51.1. The van der Waals surface area contributed by atoms with Crippen molar-refractivity contribution in [2.75, 3.05) is 19.7 Å². The fraction of sp³-hybridized carbons (Fsp3) is 0.333. The van der Waals surface area contributed by atoms with Gasteiger partial charge in [0.05, 0.1) is 17.7 Å². The van der Waals surface area contributed by atoms with Gasteiger partial charge in [-0.3, -0.25) is 24.1 Å². The molecule has 0 spiro atoms. The van der Waals surface area contributed by atoms with Gasteiger partial charge in [0.15, 0.2) is 0 Å². The van der Waals surface area contributed by atoms with Gasteiger partial charge in [0, 0.05) is 29.8 Å². The van der Waals surface area contributed by atoms with Gasteiger partial charge in [-0.1, -0.05) is 0 Å². The fourth-order valence-corrected chi connectivity index (χ4v) is 3.42. The highest BCUT2D eigenvalue weighted by Gasteiger charge is 2.42. The van der Waals surface area contributed by atoms with Crippen molar-refractivity contribution in [3.05, 3.63) is 64.7 Å². The number of ether oxygens (including phenoxy) is 1. The second-order valence-electron chi connectivity index (χ2n) is 8.35. The van der Waals surface area contributed by atoms with E-state index in [1.54, 1.807) is 45.0 Å². The van der Waals surface area contributed by atoms with Crippen LogP contribution >= 0.6 is 0 Å². The van der Waals surface area contributed by atoms with Crippen LogP contribution in [-0.4, -0.2) is 53.8 Å². The molecule has 1 aliphatic heterocycles. The predicted molar refractivity (Wildman–Crippen MR) is 119 cm³/mol. The Morgan fingerprint density at radius 2 is 1.38 bits per heavy atom. The minimum Gasteiger partial charge on any atom is -0.494 e. The molecule has 2 aromatic carbocycles. The molecule has 0 bridgehead atoms. The SMILES string of the molecule is CCOc1ccc(C(=O)NCCNC(=O)c2ccc3c(c2)C(=O)N(C(C)(C)C)C3=O)cc1. The molecule has 0 fully saturated rings. The first-order chi connectivity index (χ1) is 15.1. The molecule has 4 amide bonds. The standard InChI is InChI=1S/C24H27N3O5/c1-5-32-17-9-6-15(7-10-17)20(28)25-12-13-26-21(29)16-8-11-18-19(14-16)23(31)27(22(18)30)24(2,3)4/h6-11,14H,5,12-13H2,1-4H3,(H,25,28)(H,26,29). The van der Waals surface area contributed by atoms with Crippen molar-refractivity contribution in [3.8, 4) is 5.75 Å². The van der Waals surface area contributed by atoms with E-state index in [2.05, 4.69) is 10.6 Å². The van der Waals surface area contributed by atoms with Crippen LogP contribution < -0.4 is 15.4 Å². The van der Waals surface area contributed by atoms with Crippen LogP contribution in [0, 0.1) is 0 Å². The lowest BCUT2D eigenvalue weighted by molar-refractivity contribution is 0.0507. The van der Waals surface area contributed by atoms with Crippen LogP contribution in [0.2, 0.25) is 0 Å². The monoisotopic (exact) mass is 437 g/mol. The normalized spacial score (nSPS) is 13.1. The molecule has 0 aliphatic carbocycles. The van der Waals surface area contributed by atoms with Gasteiger partial charge in [-0.05, 0) is 70.2 Å². The number of fused-ring (bicyclic) bond motifs is 1. The third-order valence-corrected chi connectivity index (χ3v) is 4.94. The van der Waals surface area contributed by atoms with Crippen molar-refractivity contribution in [2.45, 2.75) is 33.2 Å². The summed E-state index contributed by atoms with van der Waals surface area (Å²) >= 11 is 0. The molecule has 32 heavy (non-hydrogen) atoms. The second kappa shape index (κ2) is 9.21. The van der Waals surface area contributed by atoms with Gasteiger partial charge >= 0.3 is 0 Å². The lowest BCUT2D eigenvalue weighted by Crippen LogP contribution is -2.45. The summed E-state index contributed by atoms with van der Waals surface area (Å²) in [6.45, 7) is 8.22. The molecule has 1 heterocycles. The molecule has 8 heteroatoms. The van der Waals surface area contributed by atoms with Crippen LogP contribution in [0.5, 0.6) is 5.75 Å². The molecule has 3 rings (SSSR count). The van der Waals surface area contributed by atoms with Gasteiger partial charge in [0.25, 0.3) is 23.6 Å². The molecular weight excluding hydrogens is 410 g/mol. The van der Waals surface area contributed by atoms with Crippen LogP contribution in [0.15, 0.2) is 42.5 Å². The van der Waals surface area contributed by atoms with E-state index in [1.807, 2.05) is 6.92 Å². The maximum atomic E-state index is 12.7. The van der Waals surface area contributed by atoms with Gasteiger partial charge in [0.2, 0.25) is 0 Å². The Kier molecular flexibility index (Phi) is 6.62. The molecule has 0 saturated carbocycles. The molecular formula is C24H27N3O5. The largest absolute Gasteiger partial charge is 0.494 e. The number of hydrogen-bond acceptors (Lipinski definition) is 5. The summed E-state index contributed by atoms with van der Waals surface area (Å²) < 4.78 is 5.35. The quantitative estimate of drug-likeness (QED) is 0.512. The van der Waals surface area contributed by atoms with Gasteiger partial charge in [-0.15, -0.1) is 0 Å². The highest BCUT2D eigenvalue weighted by molar-refractivity contribution is 6.22. The topological polar surface area (TPSA) is 105 Å². The van der Waals surface area contributed by atoms with E-state index in [4.69, 9.17) is 4.74 Å². The first-order valence-electron chi connectivity index (χ1n) is 10.5. The Balaban J connectivity index is 1.54. The lowest BCUT2D eigenvalue weighted by atomic mass is 10.1. The number of carbonyl (C=O) groups excluding carboxylic acids is 4. The van der Waals surface area contributed by atoms with Crippen LogP contribution in [0.3, 0.4) is 0 Å². The zero-order valence-corrected chi connectivity index (χ0v) is 18.7. The summed E-state index contributed by atoms with van der Waals surface area (Å²) in [6, 6.07) is 11.2. The Labute approximate surface area is 186 Å². The summed E-state index contributed by atoms with van der Waals surface area (Å²) in [5, 5.41) is 5.44. The number of nitrogens with one attached hydrogen (secondary N) is 2. The summed E-state index contributed by atoms with van der Waals surface area (Å²) in [6.07, 6.45) is 0. The van der Waals surface area contributed by atoms with E-state index in [0.29, 0.717) is 23.5 Å². The molecule has 8 nitrogen and oxygen atoms in total. The number of hydrogen-bond donors (Lipinski definition) is 2. The third kappa shape index (κ3) is 4.80. The highest BCUT2D eigenvalue weighted by atomic mass is 16.5. The predicted octanol–water partition coefficient (Wildman–Crippen LogP) is 2.64. The van der Waals surface area contributed by atoms with E-state index >= 15 is 0 Å². The first-order valence-corrected chi connectivity index (χ1v) is 10.5. The van der Waals surface area contributed by atoms with Gasteiger partial charge in [-0.25, -0.2) is 0 Å². The Bertz CT molecular complexity index is 1050. The van der Waals surface area contributed by atoms with Gasteiger partial charge < -0.3 is 15.4 Å². The van der Waals surface area contributed by atoms with Crippen LogP contribution in [0.1, 0.15) is 69.1 Å². The van der Waals surface area contributed by atoms with Gasteiger partial charge in [0.1, 0.15) is 5.75 Å². The van der Waals surface area contributed by atoms with E-state index < -0.39 is 17.4 Å². The van der Waals surface area contributed by atoms with Crippen molar-refractivity contribution in [1.29, 1.82) is 0 Å². The Hall–Kier alpha value is -3.68. The molecule has 168 valence electrons. The molecule has 2 N–H and O–H groups in total. The number of nitrogens with zero attached hydrogens (tertiary/aromatic N) is 1. The van der Waals surface area contributed by atoms with Crippen molar-refractivity contribution < 1.29 is 23.9 Å². The van der Waals surface area contributed by atoms with Crippen molar-refractivity contribution in [3.63, 3.8) is 0 Å². The zero-order valence-electron chi connectivity index (χ0n) is 18.7. The smallest absolute Gasteiger partial charge is 0.262 e. The third-order valence-electron chi connectivity index (χ3n) is 4.94. The van der Waals surface area contributed by atoms with E-state index in [0.717, 1.165) is 0 Å². The number of amides is 4. The summed E-state index contributed by atoms with van der Waals surface area (Å²) in [5.74, 6) is -0.725. The average Bonchev–Trinajstić information content (AvgIpc) is 3.01. The molecule has 1 aliphatic rings. The number of carbonyl (C=O) groups is 4. The maximum Gasteiger partial charge on any atom is 0.262 e. The number of rotatable bonds is 7. The van der Waals surface area contributed by atoms with Crippen LogP contribution in [0.25, 0.3) is 0 Å². The average molecular weight is 437 g/mol. The van der Waals surface area contributed by atoms with Crippen molar-refractivity contribution >= 4 is 23.6 Å². The molecule has 0 unspecified atom stereocenters. The molecule has 0 atom stereocenters. The van der Waals surface area contributed by atoms with E-state index in [1.165, 1.54) is 23.1 Å². The zero-order chi connectivity index (χ0) is 23.5. The minimum atomic E-state index is -0.656. The van der Waals surface area contributed by atoms with Crippen molar-refractivity contribution in [1.82, 2.24) is 15.5 Å². The first kappa shape index (κ1) is 23.0. The number of imide groups is 1. The van der Waals surface area contributed by atoms with Crippen LogP contribution in [0.4, 0.5) is 0 Å². The molecule has 0 radical (unpaired) electrons. The molecule has 2 aromatic rings. The number of benzene rings is 2. The highest BCUT2D eigenvalue weighted by Crippen LogP contribution is 2.29. The molecule has 0 aromatic heterocycles. The van der Waals surface area contributed by atoms with Crippen molar-refractivity contribution in [2.24, 2.45) is 0 Å². The fourth-order valence-electron chi connectivity index (χ4n) is 3.42. The summed E-state index contributed by atoms with van der Waals surface area (Å²) in [5.41, 5.74) is 0.630. The van der Waals surface area contributed by atoms with E-state index in [9.17, 15) is 19.2 Å². The van der Waals surface area contributed by atoms with E-state index in [-0.39, 0.29) is 36.0 Å². The van der Waals surface area contributed by atoms with Crippen LogP contribution in [-0.2, 0) is 0 Å². The minimum absolute atomic E-state index is 0.208.